The first kappa shape index (κ1) is 13.3. The first-order valence-electron chi connectivity index (χ1n) is 6.23. The van der Waals surface area contributed by atoms with Crippen molar-refractivity contribution in [3.05, 3.63) is 24.2 Å². The molecule has 1 heterocycles. The Bertz CT molecular complexity index is 244. The minimum absolute atomic E-state index is 0.735. The van der Waals surface area contributed by atoms with Gasteiger partial charge in [-0.2, -0.15) is 0 Å². The van der Waals surface area contributed by atoms with Crippen molar-refractivity contribution in [3.63, 3.8) is 0 Å². The minimum atomic E-state index is 0.735. The van der Waals surface area contributed by atoms with E-state index in [0.717, 1.165) is 50.7 Å². The topological polar surface area (TPSA) is 37.2 Å². The lowest BCUT2D eigenvalue weighted by atomic mass is 10.2. The second kappa shape index (κ2) is 8.36. The fourth-order valence-corrected chi connectivity index (χ4v) is 1.53. The minimum Gasteiger partial charge on any atom is -0.469 e. The molecular weight excluding hydrogens is 200 g/mol. The van der Waals surface area contributed by atoms with Gasteiger partial charge in [0.2, 0.25) is 0 Å². The third kappa shape index (κ3) is 6.64. The maximum atomic E-state index is 5.26. The predicted molar refractivity (Wildman–Crippen MR) is 67.6 cm³/mol. The third-order valence-electron chi connectivity index (χ3n) is 2.39. The molecule has 0 aliphatic rings. The van der Waals surface area contributed by atoms with Crippen LogP contribution in [0.3, 0.4) is 0 Å². The number of furan rings is 1. The first-order chi connectivity index (χ1) is 7.79. The summed E-state index contributed by atoms with van der Waals surface area (Å²) in [4.78, 5) is 0. The van der Waals surface area contributed by atoms with Gasteiger partial charge in [0.05, 0.1) is 6.26 Å². The monoisotopic (exact) mass is 224 g/mol. The van der Waals surface area contributed by atoms with E-state index in [4.69, 9.17) is 4.42 Å². The summed E-state index contributed by atoms with van der Waals surface area (Å²) in [5.41, 5.74) is 0. The van der Waals surface area contributed by atoms with Gasteiger partial charge in [-0.05, 0) is 37.6 Å². The highest BCUT2D eigenvalue weighted by Crippen LogP contribution is 2.02. The summed E-state index contributed by atoms with van der Waals surface area (Å²) in [5.74, 6) is 1.82. The van der Waals surface area contributed by atoms with E-state index >= 15 is 0 Å². The molecule has 1 rings (SSSR count). The third-order valence-corrected chi connectivity index (χ3v) is 2.39. The van der Waals surface area contributed by atoms with Crippen molar-refractivity contribution >= 4 is 0 Å². The van der Waals surface area contributed by atoms with Gasteiger partial charge < -0.3 is 15.1 Å². The van der Waals surface area contributed by atoms with Crippen LogP contribution in [0.1, 0.15) is 26.0 Å². The van der Waals surface area contributed by atoms with E-state index in [1.165, 1.54) is 0 Å². The summed E-state index contributed by atoms with van der Waals surface area (Å²) >= 11 is 0. The molecule has 1 aromatic heterocycles. The van der Waals surface area contributed by atoms with E-state index in [9.17, 15) is 0 Å². The average Bonchev–Trinajstić information content (AvgIpc) is 2.74. The number of aryl methyl sites for hydroxylation is 1. The lowest BCUT2D eigenvalue weighted by molar-refractivity contribution is 0.492. The molecule has 0 aliphatic heterocycles. The summed E-state index contributed by atoms with van der Waals surface area (Å²) in [7, 11) is 0. The largest absolute Gasteiger partial charge is 0.469 e. The summed E-state index contributed by atoms with van der Waals surface area (Å²) in [6.07, 6.45) is 3.90. The highest BCUT2D eigenvalue weighted by atomic mass is 16.3. The molecule has 0 radical (unpaired) electrons. The first-order valence-corrected chi connectivity index (χ1v) is 6.23. The molecule has 0 spiro atoms. The average molecular weight is 224 g/mol. The maximum absolute atomic E-state index is 5.26. The van der Waals surface area contributed by atoms with Gasteiger partial charge in [-0.1, -0.05) is 13.8 Å². The smallest absolute Gasteiger partial charge is 0.103 e. The van der Waals surface area contributed by atoms with Gasteiger partial charge in [-0.15, -0.1) is 0 Å². The molecule has 3 nitrogen and oxygen atoms in total. The molecule has 1 aromatic rings. The SMILES string of the molecule is CC(C)CNCCNCCCc1ccco1. The molecular formula is C13H24N2O. The molecule has 16 heavy (non-hydrogen) atoms. The van der Waals surface area contributed by atoms with Gasteiger partial charge in [0.1, 0.15) is 5.76 Å². The van der Waals surface area contributed by atoms with E-state index in [0.29, 0.717) is 0 Å². The van der Waals surface area contributed by atoms with Crippen LogP contribution in [0.2, 0.25) is 0 Å². The Hall–Kier alpha value is -0.800. The predicted octanol–water partition coefficient (Wildman–Crippen LogP) is 2.05. The van der Waals surface area contributed by atoms with E-state index < -0.39 is 0 Å². The van der Waals surface area contributed by atoms with E-state index in [2.05, 4.69) is 24.5 Å². The standard InChI is InChI=1S/C13H24N2O/c1-12(2)11-15-9-8-14-7-3-5-13-6-4-10-16-13/h4,6,10,12,14-15H,3,5,7-9,11H2,1-2H3. The second-order valence-corrected chi connectivity index (χ2v) is 4.53. The quantitative estimate of drug-likeness (QED) is 0.630. The van der Waals surface area contributed by atoms with Crippen LogP contribution in [0.15, 0.2) is 22.8 Å². The van der Waals surface area contributed by atoms with Crippen molar-refractivity contribution in [1.82, 2.24) is 10.6 Å². The van der Waals surface area contributed by atoms with Gasteiger partial charge in [0.25, 0.3) is 0 Å². The number of hydrogen-bond donors (Lipinski definition) is 2. The number of hydrogen-bond acceptors (Lipinski definition) is 3. The summed E-state index contributed by atoms with van der Waals surface area (Å²) in [6.45, 7) is 8.72. The summed E-state index contributed by atoms with van der Waals surface area (Å²) in [5, 5.41) is 6.83. The van der Waals surface area contributed by atoms with Crippen molar-refractivity contribution in [2.24, 2.45) is 5.92 Å². The molecule has 3 heteroatoms. The molecule has 0 fully saturated rings. The Labute approximate surface area is 98.6 Å². The van der Waals surface area contributed by atoms with Gasteiger partial charge in [-0.3, -0.25) is 0 Å². The van der Waals surface area contributed by atoms with Gasteiger partial charge in [0, 0.05) is 19.5 Å². The number of rotatable bonds is 9. The molecule has 0 aliphatic carbocycles. The molecule has 0 saturated heterocycles. The van der Waals surface area contributed by atoms with Crippen molar-refractivity contribution in [2.45, 2.75) is 26.7 Å². The van der Waals surface area contributed by atoms with E-state index in [1.54, 1.807) is 6.26 Å². The maximum Gasteiger partial charge on any atom is 0.103 e. The van der Waals surface area contributed by atoms with Crippen molar-refractivity contribution < 1.29 is 4.42 Å². The molecule has 92 valence electrons. The van der Waals surface area contributed by atoms with Crippen LogP contribution < -0.4 is 10.6 Å². The molecule has 0 atom stereocenters. The number of nitrogens with one attached hydrogen (secondary N) is 2. The molecule has 0 saturated carbocycles. The van der Waals surface area contributed by atoms with Gasteiger partial charge in [0.15, 0.2) is 0 Å². The van der Waals surface area contributed by atoms with Crippen LogP contribution in [-0.4, -0.2) is 26.2 Å². The van der Waals surface area contributed by atoms with Crippen molar-refractivity contribution in [1.29, 1.82) is 0 Å². The van der Waals surface area contributed by atoms with Crippen molar-refractivity contribution in [2.75, 3.05) is 26.2 Å². The molecule has 0 unspecified atom stereocenters. The Morgan fingerprint density at radius 2 is 2.00 bits per heavy atom. The van der Waals surface area contributed by atoms with E-state index in [1.807, 2.05) is 12.1 Å². The zero-order chi connectivity index (χ0) is 11.6. The molecule has 0 bridgehead atoms. The Kier molecular flexibility index (Phi) is 6.93. The fraction of sp³-hybridized carbons (Fsp3) is 0.692. The lowest BCUT2D eigenvalue weighted by Gasteiger charge is -2.08. The normalized spacial score (nSPS) is 11.2. The lowest BCUT2D eigenvalue weighted by Crippen LogP contribution is -2.30. The summed E-state index contributed by atoms with van der Waals surface area (Å²) in [6, 6.07) is 3.97. The molecule has 0 aromatic carbocycles. The van der Waals surface area contributed by atoms with E-state index in [-0.39, 0.29) is 0 Å². The Morgan fingerprint density at radius 3 is 2.69 bits per heavy atom. The molecule has 2 N–H and O–H groups in total. The second-order valence-electron chi connectivity index (χ2n) is 4.53. The Balaban J connectivity index is 1.82. The van der Waals surface area contributed by atoms with Crippen LogP contribution in [0.4, 0.5) is 0 Å². The van der Waals surface area contributed by atoms with Gasteiger partial charge >= 0.3 is 0 Å². The van der Waals surface area contributed by atoms with Crippen LogP contribution in [-0.2, 0) is 6.42 Å². The molecule has 0 amide bonds. The van der Waals surface area contributed by atoms with Crippen LogP contribution in [0.5, 0.6) is 0 Å². The van der Waals surface area contributed by atoms with Crippen LogP contribution in [0, 0.1) is 5.92 Å². The fourth-order valence-electron chi connectivity index (χ4n) is 1.53. The highest BCUT2D eigenvalue weighted by Gasteiger charge is 1.95. The zero-order valence-corrected chi connectivity index (χ0v) is 10.5. The summed E-state index contributed by atoms with van der Waals surface area (Å²) < 4.78 is 5.26. The Morgan fingerprint density at radius 1 is 1.19 bits per heavy atom. The zero-order valence-electron chi connectivity index (χ0n) is 10.5. The van der Waals surface area contributed by atoms with Crippen LogP contribution in [0.25, 0.3) is 0 Å². The van der Waals surface area contributed by atoms with Crippen LogP contribution >= 0.6 is 0 Å². The highest BCUT2D eigenvalue weighted by molar-refractivity contribution is 4.97. The van der Waals surface area contributed by atoms with Crippen molar-refractivity contribution in [3.8, 4) is 0 Å². The van der Waals surface area contributed by atoms with Gasteiger partial charge in [-0.25, -0.2) is 0 Å².